The molecule has 0 amide bonds. The predicted octanol–water partition coefficient (Wildman–Crippen LogP) is 2.18. The third kappa shape index (κ3) is 3.19. The number of hydrogen-bond donors (Lipinski definition) is 1. The van der Waals surface area contributed by atoms with Gasteiger partial charge in [0, 0.05) is 0 Å². The van der Waals surface area contributed by atoms with E-state index in [4.69, 9.17) is 0 Å². The largest absolute Gasteiger partial charge is 0.464 e. The molecule has 6 nitrogen and oxygen atoms in total. The zero-order chi connectivity index (χ0) is 15.6. The van der Waals surface area contributed by atoms with Gasteiger partial charge in [0.2, 0.25) is 0 Å². The van der Waals surface area contributed by atoms with Crippen LogP contribution in [0.15, 0.2) is 27.9 Å². The molecule has 1 aromatic heterocycles. The first kappa shape index (κ1) is 15.4. The molecular weight excluding hydrogens is 319 g/mol. The van der Waals surface area contributed by atoms with Gasteiger partial charge in [0.25, 0.3) is 10.0 Å². The molecule has 0 aliphatic rings. The average Bonchev–Trinajstić information content (AvgIpc) is 2.92. The lowest BCUT2D eigenvalue weighted by Gasteiger charge is -2.10. The van der Waals surface area contributed by atoms with E-state index in [1.807, 2.05) is 0 Å². The average molecular weight is 330 g/mol. The topological polar surface area (TPSA) is 85.4 Å². The van der Waals surface area contributed by atoms with Crippen molar-refractivity contribution in [1.29, 1.82) is 0 Å². The maximum atomic E-state index is 13.2. The van der Waals surface area contributed by atoms with Crippen LogP contribution in [0.3, 0.4) is 0 Å². The van der Waals surface area contributed by atoms with Gasteiger partial charge in [0.15, 0.2) is 9.90 Å². The molecule has 0 atom stereocenters. The van der Waals surface area contributed by atoms with E-state index in [2.05, 4.69) is 14.4 Å². The van der Waals surface area contributed by atoms with Crippen LogP contribution < -0.4 is 4.72 Å². The minimum Gasteiger partial charge on any atom is -0.464 e. The molecule has 0 saturated carbocycles. The molecule has 0 fully saturated rings. The van der Waals surface area contributed by atoms with Crippen molar-refractivity contribution < 1.29 is 22.3 Å². The number of ether oxygens (including phenoxy) is 1. The Balaban J connectivity index is 2.42. The van der Waals surface area contributed by atoms with Gasteiger partial charge in [-0.05, 0) is 24.6 Å². The zero-order valence-electron chi connectivity index (χ0n) is 11.1. The Morgan fingerprint density at radius 1 is 1.43 bits per heavy atom. The highest BCUT2D eigenvalue weighted by Gasteiger charge is 2.27. The first-order chi connectivity index (χ1) is 9.85. The fourth-order valence-corrected chi connectivity index (χ4v) is 3.81. The van der Waals surface area contributed by atoms with Gasteiger partial charge in [-0.3, -0.25) is 4.72 Å². The van der Waals surface area contributed by atoms with E-state index in [0.29, 0.717) is 5.56 Å². The van der Waals surface area contributed by atoms with Crippen LogP contribution in [0.25, 0.3) is 0 Å². The molecule has 2 aromatic rings. The fraction of sp³-hybridized carbons (Fsp3) is 0.167. The number of esters is 1. The van der Waals surface area contributed by atoms with Crippen LogP contribution in [-0.4, -0.2) is 26.5 Å². The van der Waals surface area contributed by atoms with Crippen LogP contribution >= 0.6 is 11.3 Å². The van der Waals surface area contributed by atoms with E-state index in [9.17, 15) is 17.6 Å². The molecule has 9 heteroatoms. The molecule has 1 N–H and O–H groups in total. The van der Waals surface area contributed by atoms with Crippen LogP contribution in [0.4, 0.5) is 10.1 Å². The Morgan fingerprint density at radius 3 is 2.81 bits per heavy atom. The number of methoxy groups -OCH3 is 1. The van der Waals surface area contributed by atoms with Gasteiger partial charge in [-0.2, -0.15) is 0 Å². The summed E-state index contributed by atoms with van der Waals surface area (Å²) in [6.45, 7) is 1.63. The fourth-order valence-electron chi connectivity index (χ4n) is 1.55. The van der Waals surface area contributed by atoms with Crippen molar-refractivity contribution >= 4 is 33.0 Å². The van der Waals surface area contributed by atoms with Gasteiger partial charge in [-0.25, -0.2) is 22.6 Å². The lowest BCUT2D eigenvalue weighted by Crippen LogP contribution is -2.16. The highest BCUT2D eigenvalue weighted by atomic mass is 32.2. The third-order valence-electron chi connectivity index (χ3n) is 2.60. The second kappa shape index (κ2) is 5.78. The Hall–Kier alpha value is -2.00. The maximum Gasteiger partial charge on any atom is 0.358 e. The third-order valence-corrected chi connectivity index (χ3v) is 5.34. The SMILES string of the molecule is COC(=O)c1ncsc1S(=O)(=O)Nc1cc(F)ccc1C. The van der Waals surface area contributed by atoms with E-state index in [1.165, 1.54) is 17.6 Å². The summed E-state index contributed by atoms with van der Waals surface area (Å²) in [5.74, 6) is -1.43. The molecule has 0 aliphatic carbocycles. The van der Waals surface area contributed by atoms with Crippen LogP contribution in [0.5, 0.6) is 0 Å². The number of sulfonamides is 1. The minimum atomic E-state index is -4.06. The summed E-state index contributed by atoms with van der Waals surface area (Å²) in [6.07, 6.45) is 0. The summed E-state index contributed by atoms with van der Waals surface area (Å²) in [6, 6.07) is 3.73. The number of anilines is 1. The standard InChI is InChI=1S/C12H11FN2O4S2/c1-7-3-4-8(13)5-9(7)15-21(17,18)12-10(11(16)19-2)14-6-20-12/h3-6,15H,1-2H3. The molecule has 1 heterocycles. The normalized spacial score (nSPS) is 11.2. The predicted molar refractivity (Wildman–Crippen MR) is 75.4 cm³/mol. The van der Waals surface area contributed by atoms with E-state index >= 15 is 0 Å². The van der Waals surface area contributed by atoms with Crippen molar-refractivity contribution in [2.75, 3.05) is 11.8 Å². The second-order valence-electron chi connectivity index (χ2n) is 4.04. The summed E-state index contributed by atoms with van der Waals surface area (Å²) >= 11 is 0.773. The molecule has 0 radical (unpaired) electrons. The summed E-state index contributed by atoms with van der Waals surface area (Å²) in [7, 11) is -2.93. The van der Waals surface area contributed by atoms with Crippen molar-refractivity contribution in [3.05, 3.63) is 40.8 Å². The van der Waals surface area contributed by atoms with E-state index in [1.54, 1.807) is 6.92 Å². The maximum absolute atomic E-state index is 13.2. The Bertz CT molecular complexity index is 786. The van der Waals surface area contributed by atoms with Gasteiger partial charge >= 0.3 is 5.97 Å². The summed E-state index contributed by atoms with van der Waals surface area (Å²) < 4.78 is 44.2. The lowest BCUT2D eigenvalue weighted by molar-refractivity contribution is 0.0590. The van der Waals surface area contributed by atoms with Crippen LogP contribution in [0.2, 0.25) is 0 Å². The zero-order valence-corrected chi connectivity index (χ0v) is 12.7. The van der Waals surface area contributed by atoms with E-state index < -0.39 is 21.8 Å². The van der Waals surface area contributed by atoms with E-state index in [0.717, 1.165) is 24.5 Å². The molecule has 1 aromatic carbocycles. The van der Waals surface area contributed by atoms with Crippen LogP contribution in [0, 0.1) is 12.7 Å². The van der Waals surface area contributed by atoms with Crippen molar-refractivity contribution in [3.63, 3.8) is 0 Å². The summed E-state index contributed by atoms with van der Waals surface area (Å²) in [5.41, 5.74) is 1.56. The Labute approximate surface area is 124 Å². The number of aryl methyl sites for hydroxylation is 1. The number of thiazole rings is 1. The number of rotatable bonds is 4. The number of hydrogen-bond acceptors (Lipinski definition) is 6. The van der Waals surface area contributed by atoms with Gasteiger partial charge in [0.05, 0.1) is 18.3 Å². The highest BCUT2D eigenvalue weighted by Crippen LogP contribution is 2.25. The number of carbonyl (C=O) groups is 1. The van der Waals surface area contributed by atoms with Crippen LogP contribution in [-0.2, 0) is 14.8 Å². The number of halogens is 1. The molecular formula is C12H11FN2O4S2. The first-order valence-corrected chi connectivity index (χ1v) is 8.02. The number of nitrogens with zero attached hydrogens (tertiary/aromatic N) is 1. The molecule has 0 aliphatic heterocycles. The minimum absolute atomic E-state index is 0.0965. The first-order valence-electron chi connectivity index (χ1n) is 5.66. The Kier molecular flexibility index (Phi) is 4.24. The van der Waals surface area contributed by atoms with E-state index in [-0.39, 0.29) is 15.6 Å². The molecule has 0 unspecified atom stereocenters. The summed E-state index contributed by atoms with van der Waals surface area (Å²) in [5, 5.41) is 0. The van der Waals surface area contributed by atoms with Gasteiger partial charge < -0.3 is 4.74 Å². The van der Waals surface area contributed by atoms with Crippen LogP contribution in [0.1, 0.15) is 16.1 Å². The molecule has 2 rings (SSSR count). The monoisotopic (exact) mass is 330 g/mol. The molecule has 0 bridgehead atoms. The highest BCUT2D eigenvalue weighted by molar-refractivity contribution is 7.94. The number of benzene rings is 1. The van der Waals surface area contributed by atoms with Crippen molar-refractivity contribution in [3.8, 4) is 0 Å². The molecule has 0 saturated heterocycles. The molecule has 0 spiro atoms. The van der Waals surface area contributed by atoms with Gasteiger partial charge in [-0.15, -0.1) is 11.3 Å². The van der Waals surface area contributed by atoms with Crippen molar-refractivity contribution in [1.82, 2.24) is 4.98 Å². The molecule has 21 heavy (non-hydrogen) atoms. The van der Waals surface area contributed by atoms with Gasteiger partial charge in [0.1, 0.15) is 5.82 Å². The van der Waals surface area contributed by atoms with Crippen molar-refractivity contribution in [2.24, 2.45) is 0 Å². The number of nitrogens with one attached hydrogen (secondary N) is 1. The summed E-state index contributed by atoms with van der Waals surface area (Å²) in [4.78, 5) is 15.2. The second-order valence-corrected chi connectivity index (χ2v) is 6.78. The quantitative estimate of drug-likeness (QED) is 0.869. The number of carbonyl (C=O) groups excluding carboxylic acids is 1. The van der Waals surface area contributed by atoms with Crippen molar-refractivity contribution in [2.45, 2.75) is 11.1 Å². The lowest BCUT2D eigenvalue weighted by atomic mass is 10.2. The Morgan fingerprint density at radius 2 is 2.14 bits per heavy atom. The van der Waals surface area contributed by atoms with Gasteiger partial charge in [-0.1, -0.05) is 6.07 Å². The number of aromatic nitrogens is 1. The smallest absolute Gasteiger partial charge is 0.358 e. The molecule has 112 valence electrons.